The smallest absolute Gasteiger partial charge is 0.0467 e. The maximum Gasteiger partial charge on any atom is 0.0467 e. The molecule has 0 radical (unpaired) electrons. The van der Waals surface area contributed by atoms with Crippen molar-refractivity contribution in [1.82, 2.24) is 0 Å². The zero-order chi connectivity index (χ0) is 40.5. The van der Waals surface area contributed by atoms with Crippen LogP contribution in [0.25, 0.3) is 88.0 Å². The van der Waals surface area contributed by atoms with Crippen LogP contribution in [0.3, 0.4) is 0 Å². The molecule has 0 spiro atoms. The van der Waals surface area contributed by atoms with Crippen molar-refractivity contribution in [2.75, 3.05) is 4.90 Å². The highest BCUT2D eigenvalue weighted by Gasteiger charge is 2.16. The number of benzene rings is 11. The van der Waals surface area contributed by atoms with Gasteiger partial charge in [-0.25, -0.2) is 0 Å². The van der Waals surface area contributed by atoms with Gasteiger partial charge in [0.15, 0.2) is 0 Å². The fraction of sp³-hybridized carbons (Fsp3) is 0. The molecule has 11 aromatic carbocycles. The van der Waals surface area contributed by atoms with Crippen molar-refractivity contribution >= 4 is 49.4 Å². The number of rotatable bonds is 8. The predicted molar refractivity (Wildman–Crippen MR) is 261 cm³/mol. The Hall–Kier alpha value is -8.00. The van der Waals surface area contributed by atoms with Crippen molar-refractivity contribution in [3.63, 3.8) is 0 Å². The van der Waals surface area contributed by atoms with E-state index < -0.39 is 0 Å². The molecule has 0 bridgehead atoms. The molecule has 0 aliphatic carbocycles. The Labute approximate surface area is 357 Å². The summed E-state index contributed by atoms with van der Waals surface area (Å²) in [6.07, 6.45) is 0. The molecule has 0 atom stereocenters. The van der Waals surface area contributed by atoms with E-state index in [0.717, 1.165) is 17.1 Å². The molecule has 0 fully saturated rings. The maximum atomic E-state index is 2.37. The molecule has 0 saturated carbocycles. The Morgan fingerprint density at radius 3 is 1.20 bits per heavy atom. The fourth-order valence-corrected chi connectivity index (χ4v) is 8.94. The lowest BCUT2D eigenvalue weighted by Crippen LogP contribution is -2.10. The molecule has 0 aliphatic rings. The Bertz CT molecular complexity index is 3300. The van der Waals surface area contributed by atoms with Crippen molar-refractivity contribution in [2.24, 2.45) is 0 Å². The lowest BCUT2D eigenvalue weighted by molar-refractivity contribution is 1.28. The summed E-state index contributed by atoms with van der Waals surface area (Å²) in [6.45, 7) is 0. The van der Waals surface area contributed by atoms with Gasteiger partial charge in [0.2, 0.25) is 0 Å². The van der Waals surface area contributed by atoms with Crippen molar-refractivity contribution in [2.45, 2.75) is 0 Å². The van der Waals surface area contributed by atoms with Gasteiger partial charge in [-0.05, 0) is 124 Å². The molecule has 11 rings (SSSR count). The molecule has 0 N–H and O–H groups in total. The molecule has 286 valence electrons. The topological polar surface area (TPSA) is 3.24 Å². The quantitative estimate of drug-likeness (QED) is 0.139. The fourth-order valence-electron chi connectivity index (χ4n) is 8.94. The zero-order valence-electron chi connectivity index (χ0n) is 33.6. The first kappa shape index (κ1) is 36.1. The Balaban J connectivity index is 0.965. The Morgan fingerprint density at radius 1 is 0.197 bits per heavy atom. The molecule has 0 aromatic heterocycles. The molecule has 61 heavy (non-hydrogen) atoms. The summed E-state index contributed by atoms with van der Waals surface area (Å²) in [6, 6.07) is 90.3. The number of hydrogen-bond donors (Lipinski definition) is 0. The van der Waals surface area contributed by atoms with Crippen LogP contribution < -0.4 is 4.90 Å². The summed E-state index contributed by atoms with van der Waals surface area (Å²) in [7, 11) is 0. The van der Waals surface area contributed by atoms with Crippen LogP contribution in [0.2, 0.25) is 0 Å². The van der Waals surface area contributed by atoms with E-state index in [9.17, 15) is 0 Å². The second kappa shape index (κ2) is 15.6. The van der Waals surface area contributed by atoms with Gasteiger partial charge in [0.05, 0.1) is 0 Å². The van der Waals surface area contributed by atoms with Gasteiger partial charge in [0.1, 0.15) is 0 Å². The summed E-state index contributed by atoms with van der Waals surface area (Å²) in [5.74, 6) is 0. The van der Waals surface area contributed by atoms with Crippen molar-refractivity contribution in [3.8, 4) is 55.6 Å². The summed E-state index contributed by atoms with van der Waals surface area (Å²) in [4.78, 5) is 2.37. The van der Waals surface area contributed by atoms with Crippen LogP contribution in [-0.2, 0) is 0 Å². The monoisotopic (exact) mass is 775 g/mol. The second-order valence-corrected chi connectivity index (χ2v) is 15.7. The van der Waals surface area contributed by atoms with E-state index in [2.05, 4.69) is 254 Å². The van der Waals surface area contributed by atoms with Crippen LogP contribution in [0.15, 0.2) is 249 Å². The zero-order valence-corrected chi connectivity index (χ0v) is 33.6. The van der Waals surface area contributed by atoms with Gasteiger partial charge >= 0.3 is 0 Å². The average Bonchev–Trinajstić information content (AvgIpc) is 3.35. The first-order valence-electron chi connectivity index (χ1n) is 21.0. The average molecular weight is 776 g/mol. The lowest BCUT2D eigenvalue weighted by atomic mass is 9.92. The predicted octanol–water partition coefficient (Wildman–Crippen LogP) is 17.0. The molecule has 0 amide bonds. The van der Waals surface area contributed by atoms with E-state index in [1.165, 1.54) is 88.0 Å². The molecule has 0 unspecified atom stereocenters. The minimum absolute atomic E-state index is 1.09. The Morgan fingerprint density at radius 2 is 0.590 bits per heavy atom. The largest absolute Gasteiger partial charge is 0.310 e. The maximum absolute atomic E-state index is 2.37. The van der Waals surface area contributed by atoms with Crippen LogP contribution in [0.4, 0.5) is 17.1 Å². The van der Waals surface area contributed by atoms with Gasteiger partial charge < -0.3 is 4.90 Å². The van der Waals surface area contributed by atoms with Gasteiger partial charge in [-0.15, -0.1) is 0 Å². The van der Waals surface area contributed by atoms with Gasteiger partial charge in [-0.1, -0.05) is 212 Å². The summed E-state index contributed by atoms with van der Waals surface area (Å²) >= 11 is 0. The molecule has 0 saturated heterocycles. The summed E-state index contributed by atoms with van der Waals surface area (Å²) in [5.41, 5.74) is 15.3. The van der Waals surface area contributed by atoms with Crippen LogP contribution in [0, 0.1) is 0 Å². The number of anilines is 3. The van der Waals surface area contributed by atoms with E-state index >= 15 is 0 Å². The van der Waals surface area contributed by atoms with Gasteiger partial charge in [0, 0.05) is 17.1 Å². The third-order valence-corrected chi connectivity index (χ3v) is 12.1. The third kappa shape index (κ3) is 6.93. The highest BCUT2D eigenvalue weighted by molar-refractivity contribution is 6.19. The summed E-state index contributed by atoms with van der Waals surface area (Å²) in [5, 5.41) is 7.66. The molecular formula is C60H41N. The molecule has 11 aromatic rings. The van der Waals surface area contributed by atoms with Crippen LogP contribution >= 0.6 is 0 Å². The number of nitrogens with zero attached hydrogens (tertiary/aromatic N) is 1. The van der Waals surface area contributed by atoms with E-state index in [1.54, 1.807) is 0 Å². The Kier molecular flexibility index (Phi) is 9.26. The molecule has 0 aliphatic heterocycles. The minimum Gasteiger partial charge on any atom is -0.310 e. The van der Waals surface area contributed by atoms with Gasteiger partial charge in [-0.3, -0.25) is 0 Å². The van der Waals surface area contributed by atoms with E-state index in [4.69, 9.17) is 0 Å². The molecule has 1 heteroatoms. The standard InChI is InChI=1S/C60H41N/c1-3-11-42(12-4-1)44-21-23-46(24-22-44)47-29-34-52(35-30-47)61(54-17-9-16-51(41-54)48-27-25-45(26-28-48)43-13-5-2-6-14-43)53-36-31-50(32-37-53)56-19-10-20-57-58(56)39-40-59-55-18-8-7-15-49(55)33-38-60(57)59/h1-41H. The first-order chi connectivity index (χ1) is 30.2. The lowest BCUT2D eigenvalue weighted by Gasteiger charge is -2.26. The normalized spacial score (nSPS) is 11.3. The third-order valence-electron chi connectivity index (χ3n) is 12.1. The van der Waals surface area contributed by atoms with Crippen LogP contribution in [0.5, 0.6) is 0 Å². The van der Waals surface area contributed by atoms with Crippen molar-refractivity contribution < 1.29 is 0 Å². The van der Waals surface area contributed by atoms with Crippen LogP contribution in [0.1, 0.15) is 0 Å². The second-order valence-electron chi connectivity index (χ2n) is 15.7. The van der Waals surface area contributed by atoms with E-state index in [0.29, 0.717) is 0 Å². The van der Waals surface area contributed by atoms with E-state index in [1.807, 2.05) is 0 Å². The number of fused-ring (bicyclic) bond motifs is 5. The minimum atomic E-state index is 1.09. The van der Waals surface area contributed by atoms with Gasteiger partial charge in [0.25, 0.3) is 0 Å². The SMILES string of the molecule is c1ccc(-c2ccc(-c3ccc(N(c4ccc(-c5cccc6c5ccc5c7ccccc7ccc65)cc4)c4cccc(-c5ccc(-c6ccccc6)cc5)c4)cc3)cc2)cc1. The highest BCUT2D eigenvalue weighted by Crippen LogP contribution is 2.41. The van der Waals surface area contributed by atoms with Crippen LogP contribution in [-0.4, -0.2) is 0 Å². The summed E-state index contributed by atoms with van der Waals surface area (Å²) < 4.78 is 0. The number of hydrogen-bond acceptors (Lipinski definition) is 1. The highest BCUT2D eigenvalue weighted by atomic mass is 15.1. The van der Waals surface area contributed by atoms with Crippen molar-refractivity contribution in [3.05, 3.63) is 249 Å². The van der Waals surface area contributed by atoms with E-state index in [-0.39, 0.29) is 0 Å². The molecule has 0 heterocycles. The molecular weight excluding hydrogens is 735 g/mol. The first-order valence-corrected chi connectivity index (χ1v) is 21.0. The molecule has 1 nitrogen and oxygen atoms in total. The van der Waals surface area contributed by atoms with Crippen molar-refractivity contribution in [1.29, 1.82) is 0 Å². The van der Waals surface area contributed by atoms with Gasteiger partial charge in [-0.2, -0.15) is 0 Å².